The van der Waals surface area contributed by atoms with Gasteiger partial charge in [0.15, 0.2) is 0 Å². The van der Waals surface area contributed by atoms with Crippen molar-refractivity contribution in [2.24, 2.45) is 0 Å². The SMILES string of the molecule is C=CCC(NCCC)c1cccc2c1OCC2. The minimum Gasteiger partial charge on any atom is -0.493 e. The van der Waals surface area contributed by atoms with E-state index in [1.807, 2.05) is 6.08 Å². The molecule has 2 nitrogen and oxygen atoms in total. The molecule has 1 N–H and O–H groups in total. The summed E-state index contributed by atoms with van der Waals surface area (Å²) in [5, 5.41) is 3.57. The number of hydrogen-bond acceptors (Lipinski definition) is 2. The summed E-state index contributed by atoms with van der Waals surface area (Å²) >= 11 is 0. The molecule has 92 valence electrons. The van der Waals surface area contributed by atoms with Gasteiger partial charge in [-0.1, -0.05) is 31.2 Å². The minimum atomic E-state index is 0.334. The van der Waals surface area contributed by atoms with Gasteiger partial charge < -0.3 is 10.1 Å². The van der Waals surface area contributed by atoms with Gasteiger partial charge in [-0.05, 0) is 24.9 Å². The second kappa shape index (κ2) is 5.87. The molecule has 1 unspecified atom stereocenters. The maximum atomic E-state index is 5.76. The van der Waals surface area contributed by atoms with Gasteiger partial charge in [0.25, 0.3) is 0 Å². The highest BCUT2D eigenvalue weighted by molar-refractivity contribution is 5.45. The van der Waals surface area contributed by atoms with Crippen molar-refractivity contribution in [3.05, 3.63) is 42.0 Å². The van der Waals surface area contributed by atoms with Crippen molar-refractivity contribution >= 4 is 0 Å². The summed E-state index contributed by atoms with van der Waals surface area (Å²) in [6, 6.07) is 6.80. The molecule has 1 aliphatic rings. The van der Waals surface area contributed by atoms with E-state index in [2.05, 4.69) is 37.0 Å². The van der Waals surface area contributed by atoms with Crippen molar-refractivity contribution in [2.45, 2.75) is 32.2 Å². The summed E-state index contributed by atoms with van der Waals surface area (Å²) in [7, 11) is 0. The Morgan fingerprint density at radius 3 is 3.18 bits per heavy atom. The van der Waals surface area contributed by atoms with Crippen LogP contribution in [-0.4, -0.2) is 13.2 Å². The highest BCUT2D eigenvalue weighted by Crippen LogP contribution is 2.34. The van der Waals surface area contributed by atoms with Gasteiger partial charge in [0.2, 0.25) is 0 Å². The number of ether oxygens (including phenoxy) is 1. The van der Waals surface area contributed by atoms with Gasteiger partial charge in [-0.15, -0.1) is 6.58 Å². The predicted octanol–water partition coefficient (Wildman–Crippen LogP) is 3.24. The lowest BCUT2D eigenvalue weighted by atomic mass is 9.99. The van der Waals surface area contributed by atoms with Crippen molar-refractivity contribution in [3.63, 3.8) is 0 Å². The van der Waals surface area contributed by atoms with Crippen LogP contribution in [0.2, 0.25) is 0 Å². The van der Waals surface area contributed by atoms with Crippen molar-refractivity contribution in [3.8, 4) is 5.75 Å². The largest absolute Gasteiger partial charge is 0.493 e. The number of fused-ring (bicyclic) bond motifs is 1. The van der Waals surface area contributed by atoms with Crippen LogP contribution in [0.25, 0.3) is 0 Å². The zero-order valence-corrected chi connectivity index (χ0v) is 10.5. The van der Waals surface area contributed by atoms with E-state index in [9.17, 15) is 0 Å². The van der Waals surface area contributed by atoms with Crippen LogP contribution in [0.1, 0.15) is 36.9 Å². The summed E-state index contributed by atoms with van der Waals surface area (Å²) in [5.41, 5.74) is 2.63. The Bertz CT molecular complexity index is 387. The maximum absolute atomic E-state index is 5.76. The summed E-state index contributed by atoms with van der Waals surface area (Å²) in [4.78, 5) is 0. The van der Waals surface area contributed by atoms with Crippen LogP contribution in [-0.2, 0) is 6.42 Å². The van der Waals surface area contributed by atoms with E-state index in [-0.39, 0.29) is 0 Å². The summed E-state index contributed by atoms with van der Waals surface area (Å²) in [6.45, 7) is 7.88. The normalized spacial score (nSPS) is 15.1. The van der Waals surface area contributed by atoms with Crippen LogP contribution in [0.4, 0.5) is 0 Å². The number of hydrogen-bond donors (Lipinski definition) is 1. The first-order valence-corrected chi connectivity index (χ1v) is 6.45. The van der Waals surface area contributed by atoms with Gasteiger partial charge in [0, 0.05) is 18.0 Å². The lowest BCUT2D eigenvalue weighted by molar-refractivity contribution is 0.348. The summed E-state index contributed by atoms with van der Waals surface area (Å²) in [5.74, 6) is 1.10. The van der Waals surface area contributed by atoms with Crippen LogP contribution in [0.15, 0.2) is 30.9 Å². The molecule has 0 aromatic heterocycles. The number of benzene rings is 1. The molecule has 0 saturated heterocycles. The van der Waals surface area contributed by atoms with E-state index in [1.165, 1.54) is 11.1 Å². The molecule has 1 aromatic rings. The third kappa shape index (κ3) is 2.70. The Morgan fingerprint density at radius 2 is 2.41 bits per heavy atom. The van der Waals surface area contributed by atoms with Crippen LogP contribution in [0.5, 0.6) is 5.75 Å². The van der Waals surface area contributed by atoms with E-state index >= 15 is 0 Å². The van der Waals surface area contributed by atoms with Gasteiger partial charge in [0.05, 0.1) is 6.61 Å². The summed E-state index contributed by atoms with van der Waals surface area (Å²) < 4.78 is 5.76. The summed E-state index contributed by atoms with van der Waals surface area (Å²) in [6.07, 6.45) is 5.10. The molecule has 0 saturated carbocycles. The Kier molecular flexibility index (Phi) is 4.21. The highest BCUT2D eigenvalue weighted by Gasteiger charge is 2.20. The van der Waals surface area contributed by atoms with E-state index in [4.69, 9.17) is 4.74 Å². The fourth-order valence-corrected chi connectivity index (χ4v) is 2.32. The van der Waals surface area contributed by atoms with Gasteiger partial charge in [-0.2, -0.15) is 0 Å². The molecule has 0 aliphatic carbocycles. The quantitative estimate of drug-likeness (QED) is 0.759. The zero-order chi connectivity index (χ0) is 12.1. The van der Waals surface area contributed by atoms with Crippen molar-refractivity contribution in [2.75, 3.05) is 13.2 Å². The second-order valence-corrected chi connectivity index (χ2v) is 4.47. The smallest absolute Gasteiger partial charge is 0.127 e. The fourth-order valence-electron chi connectivity index (χ4n) is 2.32. The Hall–Kier alpha value is -1.28. The lowest BCUT2D eigenvalue weighted by Gasteiger charge is -2.19. The number of rotatable bonds is 6. The van der Waals surface area contributed by atoms with Crippen LogP contribution in [0, 0.1) is 0 Å². The van der Waals surface area contributed by atoms with E-state index in [1.54, 1.807) is 0 Å². The molecular formula is C15H21NO. The highest BCUT2D eigenvalue weighted by atomic mass is 16.5. The first-order chi connectivity index (χ1) is 8.36. The molecule has 0 amide bonds. The predicted molar refractivity (Wildman–Crippen MR) is 71.5 cm³/mol. The van der Waals surface area contributed by atoms with Crippen LogP contribution >= 0.6 is 0 Å². The standard InChI is InChI=1S/C15H21NO/c1-3-6-14(16-10-4-2)13-8-5-7-12-9-11-17-15(12)13/h3,5,7-8,14,16H,1,4,6,9-11H2,2H3. The van der Waals surface area contributed by atoms with E-state index in [0.717, 1.165) is 38.2 Å². The molecular weight excluding hydrogens is 210 g/mol. The van der Waals surface area contributed by atoms with Crippen LogP contribution < -0.4 is 10.1 Å². The molecule has 0 bridgehead atoms. The number of para-hydroxylation sites is 1. The molecule has 1 heterocycles. The lowest BCUT2D eigenvalue weighted by Crippen LogP contribution is -2.22. The maximum Gasteiger partial charge on any atom is 0.127 e. The van der Waals surface area contributed by atoms with Crippen molar-refractivity contribution < 1.29 is 4.74 Å². The third-order valence-electron chi connectivity index (χ3n) is 3.16. The zero-order valence-electron chi connectivity index (χ0n) is 10.5. The molecule has 17 heavy (non-hydrogen) atoms. The topological polar surface area (TPSA) is 21.3 Å². The molecule has 1 aromatic carbocycles. The van der Waals surface area contributed by atoms with Gasteiger partial charge in [-0.25, -0.2) is 0 Å². The minimum absolute atomic E-state index is 0.334. The monoisotopic (exact) mass is 231 g/mol. The van der Waals surface area contributed by atoms with Crippen molar-refractivity contribution in [1.82, 2.24) is 5.32 Å². The Morgan fingerprint density at radius 1 is 1.53 bits per heavy atom. The number of nitrogens with one attached hydrogen (secondary N) is 1. The average Bonchev–Trinajstić information content (AvgIpc) is 2.82. The van der Waals surface area contributed by atoms with Gasteiger partial charge >= 0.3 is 0 Å². The Labute approximate surface area is 104 Å². The molecule has 1 aliphatic heterocycles. The first-order valence-electron chi connectivity index (χ1n) is 6.45. The van der Waals surface area contributed by atoms with Crippen molar-refractivity contribution in [1.29, 1.82) is 0 Å². The molecule has 2 rings (SSSR count). The van der Waals surface area contributed by atoms with Crippen LogP contribution in [0.3, 0.4) is 0 Å². The third-order valence-corrected chi connectivity index (χ3v) is 3.16. The Balaban J connectivity index is 2.22. The molecule has 0 fully saturated rings. The molecule has 0 spiro atoms. The van der Waals surface area contributed by atoms with E-state index in [0.29, 0.717) is 6.04 Å². The fraction of sp³-hybridized carbons (Fsp3) is 0.467. The average molecular weight is 231 g/mol. The molecule has 2 heteroatoms. The first kappa shape index (κ1) is 12.2. The molecule has 0 radical (unpaired) electrons. The van der Waals surface area contributed by atoms with E-state index < -0.39 is 0 Å². The second-order valence-electron chi connectivity index (χ2n) is 4.47. The van der Waals surface area contributed by atoms with Gasteiger partial charge in [0.1, 0.15) is 5.75 Å². The van der Waals surface area contributed by atoms with Gasteiger partial charge in [-0.3, -0.25) is 0 Å². The molecule has 1 atom stereocenters.